The van der Waals surface area contributed by atoms with Crippen LogP contribution in [0, 0.1) is 11.8 Å². The third-order valence-electron chi connectivity index (χ3n) is 2.10. The molecule has 1 unspecified atom stereocenters. The Balaban J connectivity index is 2.00. The highest BCUT2D eigenvalue weighted by atomic mass is 16.5. The lowest BCUT2D eigenvalue weighted by Crippen LogP contribution is -2.41. The lowest BCUT2D eigenvalue weighted by atomic mass is 9.96. The Labute approximate surface area is 75.2 Å². The molecule has 0 aromatic heterocycles. The molecule has 1 heterocycles. The zero-order valence-corrected chi connectivity index (χ0v) is 8.30. The fourth-order valence-electron chi connectivity index (χ4n) is 1.23. The lowest BCUT2D eigenvalue weighted by Gasteiger charge is -2.35. The molecule has 71 valence electrons. The highest BCUT2D eigenvalue weighted by Crippen LogP contribution is 2.25. The number of rotatable bonds is 5. The molecular formula is C10H19O2. The Kier molecular flexibility index (Phi) is 4.02. The van der Waals surface area contributed by atoms with Gasteiger partial charge in [-0.1, -0.05) is 20.8 Å². The molecule has 2 nitrogen and oxygen atoms in total. The van der Waals surface area contributed by atoms with Crippen molar-refractivity contribution in [2.24, 2.45) is 5.92 Å². The van der Waals surface area contributed by atoms with E-state index in [2.05, 4.69) is 20.8 Å². The molecule has 0 N–H and O–H groups in total. The summed E-state index contributed by atoms with van der Waals surface area (Å²) in [6.07, 6.45) is 1.43. The average Bonchev–Trinajstić information content (AvgIpc) is 1.96. The second-order valence-corrected chi connectivity index (χ2v) is 3.74. The lowest BCUT2D eigenvalue weighted by molar-refractivity contribution is -0.0761. The van der Waals surface area contributed by atoms with E-state index in [1.807, 2.05) is 0 Å². The van der Waals surface area contributed by atoms with Gasteiger partial charge < -0.3 is 9.47 Å². The Bertz CT molecular complexity index is 121. The molecule has 0 spiro atoms. The summed E-state index contributed by atoms with van der Waals surface area (Å²) < 4.78 is 10.8. The molecule has 0 aliphatic carbocycles. The van der Waals surface area contributed by atoms with Gasteiger partial charge in [-0.15, -0.1) is 0 Å². The maximum Gasteiger partial charge on any atom is 0.0893 e. The van der Waals surface area contributed by atoms with E-state index < -0.39 is 0 Å². The van der Waals surface area contributed by atoms with Crippen molar-refractivity contribution >= 4 is 0 Å². The van der Waals surface area contributed by atoms with Gasteiger partial charge in [-0.2, -0.15) is 0 Å². The van der Waals surface area contributed by atoms with Crippen LogP contribution in [0.1, 0.15) is 27.2 Å². The highest BCUT2D eigenvalue weighted by molar-refractivity contribution is 5.04. The topological polar surface area (TPSA) is 18.5 Å². The molecule has 12 heavy (non-hydrogen) atoms. The van der Waals surface area contributed by atoms with Crippen molar-refractivity contribution in [2.75, 3.05) is 19.8 Å². The van der Waals surface area contributed by atoms with E-state index in [0.717, 1.165) is 26.2 Å². The van der Waals surface area contributed by atoms with E-state index in [4.69, 9.17) is 9.47 Å². The van der Waals surface area contributed by atoms with Crippen LogP contribution in [-0.2, 0) is 9.47 Å². The summed E-state index contributed by atoms with van der Waals surface area (Å²) in [7, 11) is 0. The van der Waals surface area contributed by atoms with Crippen molar-refractivity contribution in [2.45, 2.75) is 33.3 Å². The first-order valence-corrected chi connectivity index (χ1v) is 4.78. The normalized spacial score (nSPS) is 24.5. The minimum absolute atomic E-state index is 0.300. The molecule has 1 aliphatic rings. The Morgan fingerprint density at radius 1 is 1.58 bits per heavy atom. The van der Waals surface area contributed by atoms with Crippen LogP contribution >= 0.6 is 0 Å². The van der Waals surface area contributed by atoms with Crippen molar-refractivity contribution in [3.63, 3.8) is 0 Å². The molecule has 1 rings (SSSR count). The summed E-state index contributed by atoms with van der Waals surface area (Å²) in [5.74, 6) is 2.12. The Morgan fingerprint density at radius 2 is 2.33 bits per heavy atom. The second kappa shape index (κ2) is 4.83. The molecule has 0 amide bonds. The van der Waals surface area contributed by atoms with Gasteiger partial charge in [0, 0.05) is 12.5 Å². The first kappa shape index (κ1) is 10.0. The Hall–Kier alpha value is -0.0800. The summed E-state index contributed by atoms with van der Waals surface area (Å²) >= 11 is 0. The summed E-state index contributed by atoms with van der Waals surface area (Å²) in [6, 6.07) is 0. The average molecular weight is 171 g/mol. The van der Waals surface area contributed by atoms with Gasteiger partial charge >= 0.3 is 0 Å². The molecule has 1 fully saturated rings. The molecular weight excluding hydrogens is 152 g/mol. The SMILES string of the molecule is CC[C]1COC1COCC(C)C. The number of hydrogen-bond acceptors (Lipinski definition) is 2. The van der Waals surface area contributed by atoms with Gasteiger partial charge in [0.25, 0.3) is 0 Å². The molecule has 0 saturated carbocycles. The third-order valence-corrected chi connectivity index (χ3v) is 2.10. The van der Waals surface area contributed by atoms with Crippen molar-refractivity contribution in [3.8, 4) is 0 Å². The second-order valence-electron chi connectivity index (χ2n) is 3.74. The molecule has 1 radical (unpaired) electrons. The van der Waals surface area contributed by atoms with Crippen LogP contribution in [0.15, 0.2) is 0 Å². The zero-order chi connectivity index (χ0) is 8.97. The smallest absolute Gasteiger partial charge is 0.0893 e. The maximum atomic E-state index is 5.49. The zero-order valence-electron chi connectivity index (χ0n) is 8.30. The van der Waals surface area contributed by atoms with Crippen molar-refractivity contribution < 1.29 is 9.47 Å². The van der Waals surface area contributed by atoms with Gasteiger partial charge in [-0.3, -0.25) is 0 Å². The van der Waals surface area contributed by atoms with Crippen LogP contribution in [0.5, 0.6) is 0 Å². The highest BCUT2D eigenvalue weighted by Gasteiger charge is 2.30. The predicted molar refractivity (Wildman–Crippen MR) is 48.9 cm³/mol. The van der Waals surface area contributed by atoms with E-state index in [9.17, 15) is 0 Å². The van der Waals surface area contributed by atoms with Crippen LogP contribution < -0.4 is 0 Å². The fourth-order valence-corrected chi connectivity index (χ4v) is 1.23. The van der Waals surface area contributed by atoms with Crippen molar-refractivity contribution in [3.05, 3.63) is 5.92 Å². The molecule has 0 aromatic carbocycles. The fraction of sp³-hybridized carbons (Fsp3) is 0.900. The van der Waals surface area contributed by atoms with E-state index >= 15 is 0 Å². The monoisotopic (exact) mass is 171 g/mol. The van der Waals surface area contributed by atoms with Crippen LogP contribution in [0.2, 0.25) is 0 Å². The predicted octanol–water partition coefficient (Wildman–Crippen LogP) is 2.04. The van der Waals surface area contributed by atoms with Crippen LogP contribution in [0.25, 0.3) is 0 Å². The van der Waals surface area contributed by atoms with E-state index in [0.29, 0.717) is 12.0 Å². The van der Waals surface area contributed by atoms with Crippen LogP contribution in [0.3, 0.4) is 0 Å². The quantitative estimate of drug-likeness (QED) is 0.630. The summed E-state index contributed by atoms with van der Waals surface area (Å²) in [6.45, 7) is 8.94. The van der Waals surface area contributed by atoms with Gasteiger partial charge in [0.2, 0.25) is 0 Å². The molecule has 0 aromatic rings. The van der Waals surface area contributed by atoms with Crippen molar-refractivity contribution in [1.29, 1.82) is 0 Å². The van der Waals surface area contributed by atoms with Crippen molar-refractivity contribution in [1.82, 2.24) is 0 Å². The van der Waals surface area contributed by atoms with E-state index in [1.54, 1.807) is 0 Å². The molecule has 0 bridgehead atoms. The molecule has 1 atom stereocenters. The third kappa shape index (κ3) is 2.76. The maximum absolute atomic E-state index is 5.49. The summed E-state index contributed by atoms with van der Waals surface area (Å²) in [5, 5.41) is 0. The minimum Gasteiger partial charge on any atom is -0.378 e. The first-order valence-electron chi connectivity index (χ1n) is 4.78. The first-order chi connectivity index (χ1) is 5.74. The van der Waals surface area contributed by atoms with Gasteiger partial charge in [-0.05, 0) is 12.3 Å². The minimum atomic E-state index is 0.300. The summed E-state index contributed by atoms with van der Waals surface area (Å²) in [4.78, 5) is 0. The van der Waals surface area contributed by atoms with Crippen LogP contribution in [0.4, 0.5) is 0 Å². The molecule has 1 saturated heterocycles. The van der Waals surface area contributed by atoms with Gasteiger partial charge in [-0.25, -0.2) is 0 Å². The van der Waals surface area contributed by atoms with Crippen LogP contribution in [-0.4, -0.2) is 25.9 Å². The van der Waals surface area contributed by atoms with Gasteiger partial charge in [0.1, 0.15) is 0 Å². The number of ether oxygens (including phenoxy) is 2. The Morgan fingerprint density at radius 3 is 2.75 bits per heavy atom. The largest absolute Gasteiger partial charge is 0.378 e. The molecule has 1 aliphatic heterocycles. The van der Waals surface area contributed by atoms with Gasteiger partial charge in [0.15, 0.2) is 0 Å². The standard InChI is InChI=1S/C10H19O2/c1-4-9-6-12-10(9)7-11-5-8(2)3/h8,10H,4-7H2,1-3H3. The van der Waals surface area contributed by atoms with E-state index in [1.165, 1.54) is 5.92 Å². The molecule has 2 heteroatoms. The number of hydrogen-bond donors (Lipinski definition) is 0. The summed E-state index contributed by atoms with van der Waals surface area (Å²) in [5.41, 5.74) is 0. The van der Waals surface area contributed by atoms with E-state index in [-0.39, 0.29) is 0 Å². The van der Waals surface area contributed by atoms with Gasteiger partial charge in [0.05, 0.1) is 19.3 Å².